The molecule has 0 atom stereocenters. The average Bonchev–Trinajstić information content (AvgIpc) is 2.98. The summed E-state index contributed by atoms with van der Waals surface area (Å²) in [5, 5.41) is 4.35. The van der Waals surface area contributed by atoms with Crippen molar-refractivity contribution in [3.05, 3.63) is 71.4 Å². The lowest BCUT2D eigenvalue weighted by Crippen LogP contribution is -2.17. The van der Waals surface area contributed by atoms with Gasteiger partial charge in [0.15, 0.2) is 0 Å². The van der Waals surface area contributed by atoms with E-state index < -0.39 is 17.6 Å². The van der Waals surface area contributed by atoms with E-state index in [2.05, 4.69) is 15.5 Å². The van der Waals surface area contributed by atoms with Gasteiger partial charge in [0.05, 0.1) is 17.3 Å². The summed E-state index contributed by atoms with van der Waals surface area (Å²) in [6.07, 6.45) is -1.97. The topological polar surface area (TPSA) is 57.2 Å². The molecule has 1 amide bonds. The Balaban J connectivity index is 1.79. The molecule has 0 bridgehead atoms. The van der Waals surface area contributed by atoms with Gasteiger partial charge in [-0.2, -0.15) is 18.3 Å². The summed E-state index contributed by atoms with van der Waals surface area (Å²) in [6, 6.07) is 12.2. The number of amides is 1. The molecule has 7 heteroatoms. The van der Waals surface area contributed by atoms with Crippen LogP contribution in [0, 0.1) is 0 Å². The summed E-state index contributed by atoms with van der Waals surface area (Å²) in [5.74, 6) is -0.506. The highest BCUT2D eigenvalue weighted by molar-refractivity contribution is 6.06. The molecule has 3 aromatic rings. The Labute approximate surface area is 135 Å². The van der Waals surface area contributed by atoms with Crippen LogP contribution in [0.15, 0.2) is 59.8 Å². The molecule has 2 N–H and O–H groups in total. The third-order valence-corrected chi connectivity index (χ3v) is 3.47. The maximum absolute atomic E-state index is 12.9. The SMILES string of the molecule is O=C(NN=Cc1ccccc1C(F)(F)F)c1c[nH]c2ccccc12. The van der Waals surface area contributed by atoms with E-state index in [-0.39, 0.29) is 5.56 Å². The average molecular weight is 331 g/mol. The number of alkyl halides is 3. The lowest BCUT2D eigenvalue weighted by Gasteiger charge is -2.09. The fourth-order valence-corrected chi connectivity index (χ4v) is 2.35. The summed E-state index contributed by atoms with van der Waals surface area (Å²) in [5.41, 5.74) is 2.47. The van der Waals surface area contributed by atoms with Crippen LogP contribution < -0.4 is 5.43 Å². The number of nitrogens with zero attached hydrogens (tertiary/aromatic N) is 1. The molecule has 0 unspecified atom stereocenters. The predicted molar refractivity (Wildman–Crippen MR) is 84.8 cm³/mol. The van der Waals surface area contributed by atoms with Gasteiger partial charge in [-0.1, -0.05) is 36.4 Å². The van der Waals surface area contributed by atoms with E-state index >= 15 is 0 Å². The van der Waals surface area contributed by atoms with Crippen LogP contribution in [-0.2, 0) is 6.18 Å². The van der Waals surface area contributed by atoms with Gasteiger partial charge in [0.25, 0.3) is 5.91 Å². The van der Waals surface area contributed by atoms with Gasteiger partial charge in [-0.05, 0) is 12.1 Å². The molecule has 122 valence electrons. The van der Waals surface area contributed by atoms with Gasteiger partial charge >= 0.3 is 6.18 Å². The number of hydrogen-bond acceptors (Lipinski definition) is 2. The molecule has 0 aliphatic carbocycles. The first-order valence-electron chi connectivity index (χ1n) is 7.02. The Morgan fingerprint density at radius 2 is 1.79 bits per heavy atom. The number of H-pyrrole nitrogens is 1. The van der Waals surface area contributed by atoms with E-state index in [0.717, 1.165) is 17.8 Å². The number of nitrogens with one attached hydrogen (secondary N) is 2. The molecule has 0 spiro atoms. The zero-order valence-electron chi connectivity index (χ0n) is 12.3. The number of carbonyl (C=O) groups is 1. The van der Waals surface area contributed by atoms with E-state index in [0.29, 0.717) is 10.9 Å². The van der Waals surface area contributed by atoms with Crippen LogP contribution >= 0.6 is 0 Å². The van der Waals surface area contributed by atoms with Crippen molar-refractivity contribution in [3.63, 3.8) is 0 Å². The number of aromatic amines is 1. The van der Waals surface area contributed by atoms with Gasteiger partial charge < -0.3 is 4.98 Å². The lowest BCUT2D eigenvalue weighted by molar-refractivity contribution is -0.137. The van der Waals surface area contributed by atoms with Crippen molar-refractivity contribution in [1.29, 1.82) is 0 Å². The minimum Gasteiger partial charge on any atom is -0.360 e. The van der Waals surface area contributed by atoms with Crippen molar-refractivity contribution in [3.8, 4) is 0 Å². The smallest absolute Gasteiger partial charge is 0.360 e. The Kier molecular flexibility index (Phi) is 4.07. The minimum atomic E-state index is -4.48. The Morgan fingerprint density at radius 3 is 2.58 bits per heavy atom. The third kappa shape index (κ3) is 3.15. The van der Waals surface area contributed by atoms with Crippen LogP contribution in [0.25, 0.3) is 10.9 Å². The molecular weight excluding hydrogens is 319 g/mol. The van der Waals surface area contributed by atoms with E-state index in [9.17, 15) is 18.0 Å². The standard InChI is InChI=1S/C17H12F3N3O/c18-17(19,20)14-7-3-1-5-11(14)9-22-23-16(24)13-10-21-15-8-4-2-6-12(13)15/h1-10,21H,(H,23,24). The molecule has 0 aliphatic rings. The highest BCUT2D eigenvalue weighted by atomic mass is 19.4. The van der Waals surface area contributed by atoms with Gasteiger partial charge in [0.1, 0.15) is 0 Å². The minimum absolute atomic E-state index is 0.121. The molecule has 0 fully saturated rings. The molecule has 2 aromatic carbocycles. The van der Waals surface area contributed by atoms with Crippen LogP contribution in [-0.4, -0.2) is 17.1 Å². The molecule has 24 heavy (non-hydrogen) atoms. The van der Waals surface area contributed by atoms with Crippen LogP contribution in [0.4, 0.5) is 13.2 Å². The first-order chi connectivity index (χ1) is 11.5. The second kappa shape index (κ2) is 6.19. The zero-order chi connectivity index (χ0) is 17.2. The van der Waals surface area contributed by atoms with Gasteiger partial charge in [-0.3, -0.25) is 4.79 Å². The normalized spacial score (nSPS) is 12.0. The van der Waals surface area contributed by atoms with E-state index in [4.69, 9.17) is 0 Å². The molecule has 0 saturated carbocycles. The van der Waals surface area contributed by atoms with Crippen LogP contribution in [0.5, 0.6) is 0 Å². The maximum atomic E-state index is 12.9. The molecule has 0 aliphatic heterocycles. The Morgan fingerprint density at radius 1 is 1.08 bits per heavy atom. The van der Waals surface area contributed by atoms with Crippen molar-refractivity contribution < 1.29 is 18.0 Å². The second-order valence-electron chi connectivity index (χ2n) is 5.03. The Hall–Kier alpha value is -3.09. The molecule has 1 heterocycles. The summed E-state index contributed by atoms with van der Waals surface area (Å²) >= 11 is 0. The van der Waals surface area contributed by atoms with Crippen LogP contribution in [0.2, 0.25) is 0 Å². The van der Waals surface area contributed by atoms with E-state index in [1.807, 2.05) is 12.1 Å². The lowest BCUT2D eigenvalue weighted by atomic mass is 10.1. The van der Waals surface area contributed by atoms with Gasteiger partial charge in [-0.25, -0.2) is 5.43 Å². The number of rotatable bonds is 3. The predicted octanol–water partition coefficient (Wildman–Crippen LogP) is 3.95. The number of halogens is 3. The molecule has 0 saturated heterocycles. The fourth-order valence-electron chi connectivity index (χ4n) is 2.35. The highest BCUT2D eigenvalue weighted by Gasteiger charge is 2.32. The summed E-state index contributed by atoms with van der Waals surface area (Å²) in [4.78, 5) is 15.1. The van der Waals surface area contributed by atoms with Crippen molar-refractivity contribution in [2.24, 2.45) is 5.10 Å². The number of fused-ring (bicyclic) bond motifs is 1. The number of carbonyl (C=O) groups excluding carboxylic acids is 1. The van der Waals surface area contributed by atoms with Crippen molar-refractivity contribution in [2.75, 3.05) is 0 Å². The quantitative estimate of drug-likeness (QED) is 0.554. The monoisotopic (exact) mass is 331 g/mol. The van der Waals surface area contributed by atoms with E-state index in [1.54, 1.807) is 12.1 Å². The molecule has 4 nitrogen and oxygen atoms in total. The Bertz CT molecular complexity index is 913. The summed E-state index contributed by atoms with van der Waals surface area (Å²) < 4.78 is 38.6. The van der Waals surface area contributed by atoms with Crippen LogP contribution in [0.3, 0.4) is 0 Å². The van der Waals surface area contributed by atoms with Gasteiger partial charge in [0, 0.05) is 22.7 Å². The number of para-hydroxylation sites is 1. The number of hydrazone groups is 1. The second-order valence-corrected chi connectivity index (χ2v) is 5.03. The number of aromatic nitrogens is 1. The maximum Gasteiger partial charge on any atom is 0.417 e. The molecule has 3 rings (SSSR count). The van der Waals surface area contributed by atoms with Gasteiger partial charge in [0.2, 0.25) is 0 Å². The highest BCUT2D eigenvalue weighted by Crippen LogP contribution is 2.31. The summed E-state index contributed by atoms with van der Waals surface area (Å²) in [6.45, 7) is 0. The van der Waals surface area contributed by atoms with Crippen molar-refractivity contribution in [1.82, 2.24) is 10.4 Å². The fraction of sp³-hybridized carbons (Fsp3) is 0.0588. The molecular formula is C17H12F3N3O. The van der Waals surface area contributed by atoms with Gasteiger partial charge in [-0.15, -0.1) is 0 Å². The third-order valence-electron chi connectivity index (χ3n) is 3.47. The van der Waals surface area contributed by atoms with E-state index in [1.165, 1.54) is 24.4 Å². The first-order valence-corrected chi connectivity index (χ1v) is 7.02. The van der Waals surface area contributed by atoms with Crippen molar-refractivity contribution in [2.45, 2.75) is 6.18 Å². The molecule has 0 radical (unpaired) electrons. The first kappa shape index (κ1) is 15.8. The van der Waals surface area contributed by atoms with Crippen LogP contribution in [0.1, 0.15) is 21.5 Å². The largest absolute Gasteiger partial charge is 0.417 e. The van der Waals surface area contributed by atoms with Crippen molar-refractivity contribution >= 4 is 23.0 Å². The summed E-state index contributed by atoms with van der Waals surface area (Å²) in [7, 11) is 0. The molecule has 1 aromatic heterocycles. The number of benzene rings is 2. The zero-order valence-corrected chi connectivity index (χ0v) is 12.3. The number of hydrogen-bond donors (Lipinski definition) is 2.